The zero-order valence-corrected chi connectivity index (χ0v) is 14.4. The molecular weight excluding hydrogens is 358 g/mol. The average molecular weight is 373 g/mol. The first-order valence-electron chi connectivity index (χ1n) is 7.49. The molecule has 0 radical (unpaired) electrons. The van der Waals surface area contributed by atoms with Gasteiger partial charge in [-0.25, -0.2) is 13.8 Å². The first-order valence-corrected chi connectivity index (χ1v) is 8.98. The molecule has 1 heterocycles. The van der Waals surface area contributed by atoms with Crippen molar-refractivity contribution < 1.29 is 23.4 Å². The highest BCUT2D eigenvalue weighted by molar-refractivity contribution is 7.89. The van der Waals surface area contributed by atoms with Crippen LogP contribution in [0.4, 0.5) is 0 Å². The van der Waals surface area contributed by atoms with Crippen molar-refractivity contribution in [1.29, 1.82) is 0 Å². The maximum absolute atomic E-state index is 12.3. The number of phenolic OH excluding ortho intramolecular Hbond substituents is 1. The van der Waals surface area contributed by atoms with E-state index in [0.29, 0.717) is 11.3 Å². The van der Waals surface area contributed by atoms with Crippen LogP contribution in [-0.2, 0) is 14.8 Å². The molecule has 0 spiro atoms. The number of carbonyl (C=O) groups excluding carboxylic acids is 1. The lowest BCUT2D eigenvalue weighted by atomic mass is 10.1. The Balaban J connectivity index is 1.91. The van der Waals surface area contributed by atoms with Crippen molar-refractivity contribution in [3.63, 3.8) is 0 Å². The lowest BCUT2D eigenvalue weighted by molar-refractivity contribution is -0.117. The lowest BCUT2D eigenvalue weighted by Gasteiger charge is -2.20. The van der Waals surface area contributed by atoms with Crippen molar-refractivity contribution in [2.45, 2.75) is 11.8 Å². The Morgan fingerprint density at radius 1 is 1.08 bits per heavy atom. The van der Waals surface area contributed by atoms with Crippen LogP contribution >= 0.6 is 0 Å². The molecule has 134 valence electrons. The van der Waals surface area contributed by atoms with Crippen molar-refractivity contribution in [3.05, 3.63) is 65.4 Å². The maximum atomic E-state index is 12.3. The van der Waals surface area contributed by atoms with Gasteiger partial charge >= 0.3 is 0 Å². The Morgan fingerprint density at radius 2 is 1.73 bits per heavy atom. The predicted octanol–water partition coefficient (Wildman–Crippen LogP) is 1.45. The molecule has 9 heteroatoms. The molecule has 0 aromatic heterocycles. The fourth-order valence-electron chi connectivity index (χ4n) is 2.45. The highest BCUT2D eigenvalue weighted by Crippen LogP contribution is 2.28. The van der Waals surface area contributed by atoms with E-state index in [0.717, 1.165) is 0 Å². The largest absolute Gasteiger partial charge is 0.507 e. The van der Waals surface area contributed by atoms with E-state index in [2.05, 4.69) is 10.5 Å². The average Bonchev–Trinajstić information content (AvgIpc) is 2.63. The first kappa shape index (κ1) is 17.5. The van der Waals surface area contributed by atoms with Gasteiger partial charge in [0.2, 0.25) is 0 Å². The van der Waals surface area contributed by atoms with Gasteiger partial charge in [-0.1, -0.05) is 24.3 Å². The molecule has 0 saturated carbocycles. The number of benzene rings is 2. The van der Waals surface area contributed by atoms with E-state index in [1.54, 1.807) is 31.2 Å². The summed E-state index contributed by atoms with van der Waals surface area (Å²) in [7, 11) is -3.98. The molecule has 0 bridgehead atoms. The quantitative estimate of drug-likeness (QED) is 0.478. The lowest BCUT2D eigenvalue weighted by Crippen LogP contribution is -2.37. The summed E-state index contributed by atoms with van der Waals surface area (Å²) in [5.41, 5.74) is 2.37. The van der Waals surface area contributed by atoms with Crippen molar-refractivity contribution in [3.8, 4) is 5.75 Å². The molecule has 0 atom stereocenters. The van der Waals surface area contributed by atoms with Gasteiger partial charge in [-0.05, 0) is 31.2 Å². The summed E-state index contributed by atoms with van der Waals surface area (Å²) in [4.78, 5) is 12.2. The second-order valence-electron chi connectivity index (χ2n) is 5.48. The van der Waals surface area contributed by atoms with E-state index >= 15 is 0 Å². The van der Waals surface area contributed by atoms with Crippen LogP contribution in [0.25, 0.3) is 5.76 Å². The van der Waals surface area contributed by atoms with Gasteiger partial charge in [0.1, 0.15) is 5.75 Å². The van der Waals surface area contributed by atoms with E-state index in [-0.39, 0.29) is 16.2 Å². The van der Waals surface area contributed by atoms with Crippen LogP contribution in [0.15, 0.2) is 64.2 Å². The van der Waals surface area contributed by atoms with Crippen LogP contribution in [-0.4, -0.2) is 30.2 Å². The molecule has 1 aliphatic heterocycles. The molecular formula is C17H15N3O5S. The van der Waals surface area contributed by atoms with Crippen LogP contribution in [0.2, 0.25) is 0 Å². The number of rotatable bonds is 3. The van der Waals surface area contributed by atoms with Crippen molar-refractivity contribution >= 4 is 27.4 Å². The van der Waals surface area contributed by atoms with Crippen LogP contribution in [0.1, 0.15) is 18.1 Å². The van der Waals surface area contributed by atoms with Crippen molar-refractivity contribution in [1.82, 2.24) is 10.1 Å². The SMILES string of the molecule is C/C(=N\NC(=O)C1=C(O)c2ccccc2S(=O)(=O)N1)c1ccccc1O. The standard InChI is InChI=1S/C17H15N3O5S/c1-10(11-6-2-4-8-13(11)21)18-19-17(23)15-16(22)12-7-3-5-9-14(12)26(24,25)20-15/h2-9,20-22H,1H3,(H,19,23)/b18-10+. The first-order chi connectivity index (χ1) is 12.3. The highest BCUT2D eigenvalue weighted by Gasteiger charge is 2.32. The summed E-state index contributed by atoms with van der Waals surface area (Å²) in [6.45, 7) is 1.56. The molecule has 0 fully saturated rings. The topological polar surface area (TPSA) is 128 Å². The molecule has 2 aromatic carbocycles. The summed E-state index contributed by atoms with van der Waals surface area (Å²) in [6.07, 6.45) is 0. The minimum absolute atomic E-state index is 0.0163. The maximum Gasteiger partial charge on any atom is 0.292 e. The Morgan fingerprint density at radius 3 is 2.46 bits per heavy atom. The van der Waals surface area contributed by atoms with Gasteiger partial charge in [-0.3, -0.25) is 9.52 Å². The third kappa shape index (κ3) is 3.11. The minimum Gasteiger partial charge on any atom is -0.507 e. The second-order valence-corrected chi connectivity index (χ2v) is 7.13. The molecule has 0 aliphatic carbocycles. The zero-order valence-electron chi connectivity index (χ0n) is 13.6. The van der Waals surface area contributed by atoms with Gasteiger partial charge in [0, 0.05) is 11.1 Å². The molecule has 1 amide bonds. The van der Waals surface area contributed by atoms with Gasteiger partial charge in [0.05, 0.1) is 10.6 Å². The third-order valence-electron chi connectivity index (χ3n) is 3.75. The minimum atomic E-state index is -3.98. The van der Waals surface area contributed by atoms with Gasteiger partial charge in [-0.2, -0.15) is 5.10 Å². The van der Waals surface area contributed by atoms with Crippen LogP contribution < -0.4 is 10.1 Å². The number of aromatic hydroxyl groups is 1. The molecule has 0 unspecified atom stereocenters. The number of hydrogen-bond acceptors (Lipinski definition) is 6. The smallest absolute Gasteiger partial charge is 0.292 e. The predicted molar refractivity (Wildman–Crippen MR) is 94.8 cm³/mol. The van der Waals surface area contributed by atoms with E-state index < -0.39 is 27.4 Å². The second kappa shape index (κ2) is 6.52. The molecule has 0 saturated heterocycles. The number of sulfonamides is 1. The summed E-state index contributed by atoms with van der Waals surface area (Å²) in [5.74, 6) is -1.45. The van der Waals surface area contributed by atoms with Crippen LogP contribution in [0.5, 0.6) is 5.75 Å². The Bertz CT molecular complexity index is 1060. The normalized spacial score (nSPS) is 15.8. The zero-order chi connectivity index (χ0) is 18.9. The molecule has 8 nitrogen and oxygen atoms in total. The summed E-state index contributed by atoms with van der Waals surface area (Å²) in [5, 5.41) is 23.9. The van der Waals surface area contributed by atoms with Crippen molar-refractivity contribution in [2.24, 2.45) is 5.10 Å². The molecule has 4 N–H and O–H groups in total. The Labute approximate surface area is 149 Å². The highest BCUT2D eigenvalue weighted by atomic mass is 32.2. The van der Waals surface area contributed by atoms with Gasteiger partial charge in [0.15, 0.2) is 11.5 Å². The molecule has 1 aliphatic rings. The molecule has 26 heavy (non-hydrogen) atoms. The number of fused-ring (bicyclic) bond motifs is 1. The summed E-state index contributed by atoms with van der Waals surface area (Å²) in [6, 6.07) is 12.2. The number of hydrazone groups is 1. The van der Waals surface area contributed by atoms with E-state index in [9.17, 15) is 23.4 Å². The number of hydrogen-bond donors (Lipinski definition) is 4. The number of para-hydroxylation sites is 1. The summed E-state index contributed by atoms with van der Waals surface area (Å²) < 4.78 is 26.5. The number of nitrogens with one attached hydrogen (secondary N) is 2. The number of carbonyl (C=O) groups is 1. The van der Waals surface area contributed by atoms with Crippen LogP contribution in [0.3, 0.4) is 0 Å². The van der Waals surface area contributed by atoms with Gasteiger partial charge in [0.25, 0.3) is 15.9 Å². The van der Waals surface area contributed by atoms with Gasteiger partial charge in [-0.15, -0.1) is 0 Å². The third-order valence-corrected chi connectivity index (χ3v) is 5.16. The van der Waals surface area contributed by atoms with E-state index in [1.165, 1.54) is 24.3 Å². The Kier molecular flexibility index (Phi) is 4.39. The van der Waals surface area contributed by atoms with Gasteiger partial charge < -0.3 is 10.2 Å². The fraction of sp³-hybridized carbons (Fsp3) is 0.0588. The monoisotopic (exact) mass is 373 g/mol. The number of amides is 1. The van der Waals surface area contributed by atoms with E-state index in [4.69, 9.17) is 0 Å². The number of nitrogens with zero attached hydrogens (tertiary/aromatic N) is 1. The number of aliphatic hydroxyl groups excluding tert-OH is 1. The van der Waals surface area contributed by atoms with Crippen molar-refractivity contribution in [2.75, 3.05) is 0 Å². The number of aliphatic hydroxyl groups is 1. The summed E-state index contributed by atoms with van der Waals surface area (Å²) >= 11 is 0. The van der Waals surface area contributed by atoms with Crippen LogP contribution in [0, 0.1) is 0 Å². The molecule has 3 rings (SSSR count). The van der Waals surface area contributed by atoms with E-state index in [1.807, 2.05) is 4.72 Å². The Hall–Kier alpha value is -3.33. The fourth-order valence-corrected chi connectivity index (χ4v) is 3.73. The molecule has 2 aromatic rings. The number of phenols is 1.